The molecule has 2 aliphatic carbocycles. The molecule has 2 N–H and O–H groups in total. The molecule has 4 atom stereocenters. The van der Waals surface area contributed by atoms with Crippen LogP contribution in [0.3, 0.4) is 0 Å². The van der Waals surface area contributed by atoms with Gasteiger partial charge in [0.1, 0.15) is 30.2 Å². The van der Waals surface area contributed by atoms with Crippen molar-refractivity contribution < 1.29 is 18.7 Å². The Morgan fingerprint density at radius 1 is 1.40 bits per heavy atom. The molecule has 0 aromatic rings. The molecule has 5 aliphatic rings. The number of rotatable bonds is 6. The number of carbonyl (C=O) groups is 1. The standard InChI is InChI=1S/C25H29ClFN5O3/c1-2-24(33)32-11-16(12-32)30-22-9-18-21(10-23(22)35-17-6-7-34-13-17)28-14-29-25(18)31-15-4-3-5-20(27)19(26)8-15/h2-4,8,10,14,16-20,30H,1,5-7,9,11-13H2,(H,28,29,31). The van der Waals surface area contributed by atoms with E-state index in [1.807, 2.05) is 12.2 Å². The molecule has 5 rings (SSSR count). The summed E-state index contributed by atoms with van der Waals surface area (Å²) in [4.78, 5) is 22.6. The van der Waals surface area contributed by atoms with Crippen molar-refractivity contribution in [3.63, 3.8) is 0 Å². The van der Waals surface area contributed by atoms with E-state index >= 15 is 0 Å². The van der Waals surface area contributed by atoms with E-state index in [1.54, 1.807) is 17.1 Å². The number of amides is 1. The number of hydrogen-bond donors (Lipinski definition) is 2. The first kappa shape index (κ1) is 23.8. The number of nitrogens with zero attached hydrogens (tertiary/aromatic N) is 3. The third-order valence-electron chi connectivity index (χ3n) is 6.62. The summed E-state index contributed by atoms with van der Waals surface area (Å²) in [6, 6.07) is 0.119. The van der Waals surface area contributed by atoms with E-state index in [2.05, 4.69) is 27.2 Å². The largest absolute Gasteiger partial charge is 0.486 e. The number of aliphatic imine (C=N–C) groups is 2. The van der Waals surface area contributed by atoms with E-state index in [1.165, 1.54) is 12.4 Å². The first-order chi connectivity index (χ1) is 17.0. The second-order valence-electron chi connectivity index (χ2n) is 9.17. The van der Waals surface area contributed by atoms with Crippen LogP contribution in [0.5, 0.6) is 0 Å². The van der Waals surface area contributed by atoms with Crippen molar-refractivity contribution in [3.05, 3.63) is 59.8 Å². The molecule has 186 valence electrons. The predicted octanol–water partition coefficient (Wildman–Crippen LogP) is 2.71. The highest BCUT2D eigenvalue weighted by Crippen LogP contribution is 2.34. The lowest BCUT2D eigenvalue weighted by Crippen LogP contribution is -2.59. The second kappa shape index (κ2) is 10.4. The van der Waals surface area contributed by atoms with Gasteiger partial charge < -0.3 is 25.0 Å². The van der Waals surface area contributed by atoms with Crippen LogP contribution in [0.1, 0.15) is 19.3 Å². The predicted molar refractivity (Wildman–Crippen MR) is 133 cm³/mol. The van der Waals surface area contributed by atoms with Crippen molar-refractivity contribution in [2.24, 2.45) is 15.9 Å². The van der Waals surface area contributed by atoms with Crippen LogP contribution >= 0.6 is 11.6 Å². The van der Waals surface area contributed by atoms with Crippen molar-refractivity contribution in [2.45, 2.75) is 43.0 Å². The van der Waals surface area contributed by atoms with Crippen molar-refractivity contribution in [3.8, 4) is 0 Å². The molecule has 0 radical (unpaired) electrons. The van der Waals surface area contributed by atoms with Gasteiger partial charge in [-0.3, -0.25) is 4.79 Å². The minimum Gasteiger partial charge on any atom is -0.486 e. The summed E-state index contributed by atoms with van der Waals surface area (Å²) >= 11 is 6.18. The van der Waals surface area contributed by atoms with Crippen molar-refractivity contribution >= 4 is 29.7 Å². The fraction of sp³-hybridized carbons (Fsp3) is 0.480. The lowest BCUT2D eigenvalue weighted by atomic mass is 9.90. The van der Waals surface area contributed by atoms with Crippen LogP contribution in [0.15, 0.2) is 69.8 Å². The fourth-order valence-corrected chi connectivity index (χ4v) is 4.86. The van der Waals surface area contributed by atoms with E-state index in [0.29, 0.717) is 44.3 Å². The van der Waals surface area contributed by atoms with E-state index in [-0.39, 0.29) is 30.4 Å². The smallest absolute Gasteiger partial charge is 0.246 e. The number of amidine groups is 1. The van der Waals surface area contributed by atoms with Gasteiger partial charge in [0.15, 0.2) is 0 Å². The molecule has 0 bridgehead atoms. The Morgan fingerprint density at radius 3 is 3.03 bits per heavy atom. The minimum absolute atomic E-state index is 0.00940. The molecule has 3 heterocycles. The summed E-state index contributed by atoms with van der Waals surface area (Å²) in [5, 5.41) is 6.20. The zero-order valence-corrected chi connectivity index (χ0v) is 20.1. The van der Waals surface area contributed by atoms with Crippen LogP contribution in [-0.2, 0) is 14.3 Å². The Labute approximate surface area is 209 Å². The molecule has 0 aromatic heterocycles. The van der Waals surface area contributed by atoms with Gasteiger partial charge in [-0.1, -0.05) is 12.7 Å². The number of ether oxygens (including phenoxy) is 2. The number of nitrogens with one attached hydrogen (secondary N) is 2. The van der Waals surface area contributed by atoms with Gasteiger partial charge in [-0.2, -0.15) is 0 Å². The van der Waals surface area contributed by atoms with Gasteiger partial charge in [-0.25, -0.2) is 14.4 Å². The lowest BCUT2D eigenvalue weighted by Gasteiger charge is -2.41. The van der Waals surface area contributed by atoms with E-state index in [0.717, 1.165) is 23.6 Å². The van der Waals surface area contributed by atoms with Crippen molar-refractivity contribution in [1.29, 1.82) is 0 Å². The number of fused-ring (bicyclic) bond motifs is 1. The number of carbonyl (C=O) groups excluding carboxylic acids is 1. The van der Waals surface area contributed by atoms with E-state index in [9.17, 15) is 9.18 Å². The van der Waals surface area contributed by atoms with Gasteiger partial charge in [0.25, 0.3) is 0 Å². The molecule has 35 heavy (non-hydrogen) atoms. The summed E-state index contributed by atoms with van der Waals surface area (Å²) in [6.45, 7) is 6.01. The Hall–Kier alpha value is -2.91. The summed E-state index contributed by atoms with van der Waals surface area (Å²) in [5.41, 5.74) is 2.49. The molecule has 0 saturated carbocycles. The number of hydrogen-bond acceptors (Lipinski definition) is 7. The van der Waals surface area contributed by atoms with Gasteiger partial charge in [-0.15, -0.1) is 11.6 Å². The molecular formula is C25H29ClFN5O3. The first-order valence-corrected chi connectivity index (χ1v) is 12.3. The molecule has 8 nitrogen and oxygen atoms in total. The SMILES string of the molecule is C=CC(=O)N1CC(NC2=C(OC3CCOC3)C=C3N=CN=C(NC4=CC(Cl)C(F)CC=C4)C3C2)C1. The maximum absolute atomic E-state index is 14.0. The average Bonchev–Trinajstić information content (AvgIpc) is 3.28. The van der Waals surface area contributed by atoms with E-state index < -0.39 is 11.5 Å². The topological polar surface area (TPSA) is 87.6 Å². The molecular weight excluding hydrogens is 473 g/mol. The van der Waals surface area contributed by atoms with Crippen molar-refractivity contribution in [2.75, 3.05) is 26.3 Å². The van der Waals surface area contributed by atoms with Crippen LogP contribution in [0, 0.1) is 5.92 Å². The van der Waals surface area contributed by atoms with Crippen LogP contribution in [-0.4, -0.2) is 73.0 Å². The van der Waals surface area contributed by atoms with Gasteiger partial charge in [0, 0.05) is 37.7 Å². The summed E-state index contributed by atoms with van der Waals surface area (Å²) in [5.74, 6) is 1.25. The number of likely N-dealkylation sites (tertiary alicyclic amines) is 1. The molecule has 0 spiro atoms. The average molecular weight is 502 g/mol. The molecule has 2 saturated heterocycles. The maximum atomic E-state index is 14.0. The van der Waals surface area contributed by atoms with Gasteiger partial charge >= 0.3 is 0 Å². The highest BCUT2D eigenvalue weighted by molar-refractivity contribution is 6.22. The van der Waals surface area contributed by atoms with Gasteiger partial charge in [0.2, 0.25) is 5.91 Å². The third kappa shape index (κ3) is 5.36. The number of allylic oxidation sites excluding steroid dienone is 5. The maximum Gasteiger partial charge on any atom is 0.246 e. The Bertz CT molecular complexity index is 1050. The van der Waals surface area contributed by atoms with Gasteiger partial charge in [0.05, 0.1) is 41.9 Å². The summed E-state index contributed by atoms with van der Waals surface area (Å²) in [7, 11) is 0. The Morgan fingerprint density at radius 2 is 2.26 bits per heavy atom. The number of alkyl halides is 2. The quantitative estimate of drug-likeness (QED) is 0.431. The highest BCUT2D eigenvalue weighted by Gasteiger charge is 2.35. The second-order valence-corrected chi connectivity index (χ2v) is 9.67. The molecule has 1 amide bonds. The fourth-order valence-electron chi connectivity index (χ4n) is 4.63. The summed E-state index contributed by atoms with van der Waals surface area (Å²) < 4.78 is 25.8. The molecule has 10 heteroatoms. The zero-order valence-electron chi connectivity index (χ0n) is 19.3. The lowest BCUT2D eigenvalue weighted by molar-refractivity contribution is -0.130. The summed E-state index contributed by atoms with van der Waals surface area (Å²) in [6.07, 6.45) is 10.7. The zero-order chi connectivity index (χ0) is 24.4. The molecule has 3 aliphatic heterocycles. The van der Waals surface area contributed by atoms with Crippen LogP contribution in [0.4, 0.5) is 4.39 Å². The monoisotopic (exact) mass is 501 g/mol. The van der Waals surface area contributed by atoms with E-state index in [4.69, 9.17) is 21.1 Å². The minimum atomic E-state index is -1.12. The Balaban J connectivity index is 1.34. The van der Waals surface area contributed by atoms with Crippen molar-refractivity contribution in [1.82, 2.24) is 15.5 Å². The Kier molecular flexibility index (Phi) is 7.06. The van der Waals surface area contributed by atoms with Crippen LogP contribution < -0.4 is 10.6 Å². The third-order valence-corrected chi connectivity index (χ3v) is 7.02. The number of halogens is 2. The van der Waals surface area contributed by atoms with Crippen LogP contribution in [0.25, 0.3) is 0 Å². The normalized spacial score (nSPS) is 30.5. The molecule has 4 unspecified atom stereocenters. The van der Waals surface area contributed by atoms with Crippen LogP contribution in [0.2, 0.25) is 0 Å². The highest BCUT2D eigenvalue weighted by atomic mass is 35.5. The molecule has 2 fully saturated rings. The van der Waals surface area contributed by atoms with Gasteiger partial charge in [-0.05, 0) is 24.6 Å². The first-order valence-electron chi connectivity index (χ1n) is 11.9. The molecule has 0 aromatic carbocycles.